The van der Waals surface area contributed by atoms with E-state index in [4.69, 9.17) is 5.11 Å². The standard InChI is InChI=1S/C9H18O/c1-7(2)9-6-8(9)4-3-5-10/h7-10H,3-6H2,1-2H3/t8-,9+/m1/s1. The summed E-state index contributed by atoms with van der Waals surface area (Å²) < 4.78 is 0. The molecule has 0 heterocycles. The van der Waals surface area contributed by atoms with Crippen LogP contribution in [0.5, 0.6) is 0 Å². The summed E-state index contributed by atoms with van der Waals surface area (Å²) >= 11 is 0. The van der Waals surface area contributed by atoms with Crippen LogP contribution < -0.4 is 0 Å². The zero-order valence-corrected chi connectivity index (χ0v) is 7.01. The fourth-order valence-corrected chi connectivity index (χ4v) is 1.77. The third-order valence-electron chi connectivity index (χ3n) is 2.57. The van der Waals surface area contributed by atoms with E-state index in [1.807, 2.05) is 0 Å². The molecule has 2 atom stereocenters. The van der Waals surface area contributed by atoms with Crippen LogP contribution in [0.1, 0.15) is 33.1 Å². The maximum Gasteiger partial charge on any atom is 0.0431 e. The summed E-state index contributed by atoms with van der Waals surface area (Å²) in [6, 6.07) is 0. The van der Waals surface area contributed by atoms with Crippen molar-refractivity contribution in [1.29, 1.82) is 0 Å². The molecule has 1 fully saturated rings. The van der Waals surface area contributed by atoms with Gasteiger partial charge in [0.15, 0.2) is 0 Å². The third kappa shape index (κ3) is 1.98. The molecule has 60 valence electrons. The molecule has 0 aromatic heterocycles. The van der Waals surface area contributed by atoms with E-state index in [1.165, 1.54) is 12.8 Å². The molecule has 0 amide bonds. The minimum Gasteiger partial charge on any atom is -0.396 e. The second-order valence-electron chi connectivity index (χ2n) is 3.77. The number of aliphatic hydroxyl groups excluding tert-OH is 1. The minimum atomic E-state index is 0.376. The Kier molecular flexibility index (Phi) is 2.72. The lowest BCUT2D eigenvalue weighted by Gasteiger charge is -2.01. The molecule has 1 aliphatic rings. The molecule has 0 aromatic carbocycles. The predicted molar refractivity (Wildman–Crippen MR) is 42.8 cm³/mol. The van der Waals surface area contributed by atoms with Gasteiger partial charge in [-0.05, 0) is 37.0 Å². The monoisotopic (exact) mass is 142 g/mol. The Morgan fingerprint density at radius 3 is 2.60 bits per heavy atom. The molecule has 0 radical (unpaired) electrons. The molecule has 0 aromatic rings. The van der Waals surface area contributed by atoms with Gasteiger partial charge in [0.2, 0.25) is 0 Å². The Labute approximate surface area is 63.4 Å². The second-order valence-corrected chi connectivity index (χ2v) is 3.77. The zero-order valence-electron chi connectivity index (χ0n) is 7.01. The Morgan fingerprint density at radius 1 is 1.50 bits per heavy atom. The molecule has 0 aliphatic heterocycles. The largest absolute Gasteiger partial charge is 0.396 e. The van der Waals surface area contributed by atoms with Crippen molar-refractivity contribution in [2.75, 3.05) is 6.61 Å². The van der Waals surface area contributed by atoms with Crippen LogP contribution in [0.2, 0.25) is 0 Å². The van der Waals surface area contributed by atoms with E-state index in [2.05, 4.69) is 13.8 Å². The quantitative estimate of drug-likeness (QED) is 0.637. The highest BCUT2D eigenvalue weighted by atomic mass is 16.2. The molecule has 0 saturated heterocycles. The van der Waals surface area contributed by atoms with Crippen LogP contribution >= 0.6 is 0 Å². The first-order chi connectivity index (χ1) is 4.75. The smallest absolute Gasteiger partial charge is 0.0431 e. The van der Waals surface area contributed by atoms with Crippen LogP contribution in [-0.4, -0.2) is 11.7 Å². The van der Waals surface area contributed by atoms with Crippen LogP contribution in [0.4, 0.5) is 0 Å². The maximum absolute atomic E-state index is 8.57. The second kappa shape index (κ2) is 3.38. The highest BCUT2D eigenvalue weighted by Gasteiger charge is 2.37. The van der Waals surface area contributed by atoms with E-state index < -0.39 is 0 Å². The van der Waals surface area contributed by atoms with E-state index in [9.17, 15) is 0 Å². The van der Waals surface area contributed by atoms with Gasteiger partial charge in [-0.3, -0.25) is 0 Å². The van der Waals surface area contributed by atoms with Gasteiger partial charge in [0.25, 0.3) is 0 Å². The van der Waals surface area contributed by atoms with E-state index >= 15 is 0 Å². The first-order valence-corrected chi connectivity index (χ1v) is 4.36. The molecular weight excluding hydrogens is 124 g/mol. The third-order valence-corrected chi connectivity index (χ3v) is 2.57. The van der Waals surface area contributed by atoms with Gasteiger partial charge in [-0.25, -0.2) is 0 Å². The van der Waals surface area contributed by atoms with Crippen LogP contribution in [-0.2, 0) is 0 Å². The van der Waals surface area contributed by atoms with Gasteiger partial charge in [-0.1, -0.05) is 13.8 Å². The van der Waals surface area contributed by atoms with Crippen molar-refractivity contribution in [3.05, 3.63) is 0 Å². The lowest BCUT2D eigenvalue weighted by molar-refractivity contribution is 0.279. The topological polar surface area (TPSA) is 20.2 Å². The van der Waals surface area contributed by atoms with Gasteiger partial charge < -0.3 is 5.11 Å². The van der Waals surface area contributed by atoms with Crippen LogP contribution in [0.3, 0.4) is 0 Å². The first-order valence-electron chi connectivity index (χ1n) is 4.36. The number of hydrogen-bond donors (Lipinski definition) is 1. The molecule has 1 rings (SSSR count). The fourth-order valence-electron chi connectivity index (χ4n) is 1.77. The normalized spacial score (nSPS) is 31.2. The maximum atomic E-state index is 8.57. The fraction of sp³-hybridized carbons (Fsp3) is 1.00. The van der Waals surface area contributed by atoms with E-state index in [0.29, 0.717) is 6.61 Å². The average Bonchev–Trinajstić information content (AvgIpc) is 2.62. The molecule has 10 heavy (non-hydrogen) atoms. The highest BCUT2D eigenvalue weighted by Crippen LogP contribution is 2.46. The molecule has 0 spiro atoms. The van der Waals surface area contributed by atoms with Gasteiger partial charge in [-0.2, -0.15) is 0 Å². The van der Waals surface area contributed by atoms with Crippen LogP contribution in [0.15, 0.2) is 0 Å². The van der Waals surface area contributed by atoms with Gasteiger partial charge in [0.1, 0.15) is 0 Å². The Bertz CT molecular complexity index is 98.9. The van der Waals surface area contributed by atoms with Crippen molar-refractivity contribution < 1.29 is 5.11 Å². The van der Waals surface area contributed by atoms with Gasteiger partial charge in [-0.15, -0.1) is 0 Å². The molecule has 1 N–H and O–H groups in total. The highest BCUT2D eigenvalue weighted by molar-refractivity contribution is 4.87. The average molecular weight is 142 g/mol. The molecule has 0 bridgehead atoms. The summed E-state index contributed by atoms with van der Waals surface area (Å²) in [5.74, 6) is 2.79. The SMILES string of the molecule is CC(C)[C@@H]1C[C@H]1CCCO. The van der Waals surface area contributed by atoms with Crippen molar-refractivity contribution in [2.24, 2.45) is 17.8 Å². The molecule has 1 saturated carbocycles. The summed E-state index contributed by atoms with van der Waals surface area (Å²) in [5, 5.41) is 8.57. The summed E-state index contributed by atoms with van der Waals surface area (Å²) in [4.78, 5) is 0. The van der Waals surface area contributed by atoms with E-state index in [1.54, 1.807) is 0 Å². The zero-order chi connectivity index (χ0) is 7.56. The molecule has 1 aliphatic carbocycles. The van der Waals surface area contributed by atoms with Crippen LogP contribution in [0.25, 0.3) is 0 Å². The van der Waals surface area contributed by atoms with Crippen LogP contribution in [0, 0.1) is 17.8 Å². The van der Waals surface area contributed by atoms with Crippen molar-refractivity contribution in [3.63, 3.8) is 0 Å². The van der Waals surface area contributed by atoms with Crippen molar-refractivity contribution in [2.45, 2.75) is 33.1 Å². The number of aliphatic hydroxyl groups is 1. The van der Waals surface area contributed by atoms with Crippen molar-refractivity contribution >= 4 is 0 Å². The summed E-state index contributed by atoms with van der Waals surface area (Å²) in [6.45, 7) is 4.97. The van der Waals surface area contributed by atoms with Gasteiger partial charge in [0.05, 0.1) is 0 Å². The number of hydrogen-bond acceptors (Lipinski definition) is 1. The van der Waals surface area contributed by atoms with Crippen molar-refractivity contribution in [1.82, 2.24) is 0 Å². The van der Waals surface area contributed by atoms with E-state index in [0.717, 1.165) is 24.2 Å². The van der Waals surface area contributed by atoms with Gasteiger partial charge in [0, 0.05) is 6.61 Å². The molecule has 0 unspecified atom stereocenters. The number of rotatable bonds is 4. The molecular formula is C9H18O. The molecule has 1 heteroatoms. The minimum absolute atomic E-state index is 0.376. The summed E-state index contributed by atoms with van der Waals surface area (Å²) in [7, 11) is 0. The lowest BCUT2D eigenvalue weighted by atomic mass is 10.1. The Balaban J connectivity index is 2.02. The van der Waals surface area contributed by atoms with E-state index in [-0.39, 0.29) is 0 Å². The predicted octanol–water partition coefficient (Wildman–Crippen LogP) is 2.05. The van der Waals surface area contributed by atoms with Gasteiger partial charge >= 0.3 is 0 Å². The Hall–Kier alpha value is -0.0400. The molecule has 1 nitrogen and oxygen atoms in total. The Morgan fingerprint density at radius 2 is 2.20 bits per heavy atom. The summed E-state index contributed by atoms with van der Waals surface area (Å²) in [6.07, 6.45) is 3.67. The lowest BCUT2D eigenvalue weighted by Crippen LogP contribution is -1.93. The first kappa shape index (κ1) is 8.06. The van der Waals surface area contributed by atoms with Crippen molar-refractivity contribution in [3.8, 4) is 0 Å². The summed E-state index contributed by atoms with van der Waals surface area (Å²) in [5.41, 5.74) is 0.